The third-order valence-electron chi connectivity index (χ3n) is 5.25. The maximum absolute atomic E-state index is 13.4. The Hall–Kier alpha value is -4.24. The molecule has 3 aromatic rings. The number of non-ortho nitro benzene ring substituents is 1. The van der Waals surface area contributed by atoms with E-state index in [1.54, 1.807) is 42.6 Å². The van der Waals surface area contributed by atoms with Crippen LogP contribution in [0.4, 0.5) is 5.69 Å². The smallest absolute Gasteiger partial charge is 0.269 e. The lowest BCUT2D eigenvalue weighted by molar-refractivity contribution is -0.384. The first-order valence-corrected chi connectivity index (χ1v) is 9.36. The van der Waals surface area contributed by atoms with Crippen molar-refractivity contribution in [2.24, 2.45) is 0 Å². The summed E-state index contributed by atoms with van der Waals surface area (Å²) in [6.45, 7) is 0. The molecular weight excluding hydrogens is 378 g/mol. The van der Waals surface area contributed by atoms with Crippen LogP contribution in [-0.2, 0) is 12.0 Å². The summed E-state index contributed by atoms with van der Waals surface area (Å²) in [5, 5.41) is 21.3. The number of hydrogen-bond donors (Lipinski definition) is 0. The largest absolute Gasteiger partial charge is 0.291 e. The molecule has 0 saturated carbocycles. The van der Waals surface area contributed by atoms with Crippen molar-refractivity contribution in [1.82, 2.24) is 4.90 Å². The molecule has 0 saturated heterocycles. The van der Waals surface area contributed by atoms with Gasteiger partial charge in [-0.3, -0.25) is 19.8 Å². The zero-order chi connectivity index (χ0) is 21.1. The summed E-state index contributed by atoms with van der Waals surface area (Å²) in [5.74, 6) is -0.287. The number of nitrogens with zero attached hydrogens (tertiary/aromatic N) is 3. The minimum atomic E-state index is -1.28. The van der Waals surface area contributed by atoms with Gasteiger partial charge in [-0.2, -0.15) is 5.26 Å². The van der Waals surface area contributed by atoms with Crippen LogP contribution in [0.25, 0.3) is 6.08 Å². The van der Waals surface area contributed by atoms with Gasteiger partial charge in [0, 0.05) is 30.3 Å². The fraction of sp³-hybridized carbons (Fsp3) is 0.0833. The average Bonchev–Trinajstić information content (AvgIpc) is 2.79. The molecule has 6 nitrogen and oxygen atoms in total. The molecule has 4 rings (SSSR count). The summed E-state index contributed by atoms with van der Waals surface area (Å²) in [6, 6.07) is 24.7. The number of benzene rings is 3. The van der Waals surface area contributed by atoms with Gasteiger partial charge in [-0.05, 0) is 34.9 Å². The highest BCUT2D eigenvalue weighted by Crippen LogP contribution is 2.39. The molecule has 0 N–H and O–H groups in total. The molecule has 0 radical (unpaired) electrons. The molecule has 146 valence electrons. The van der Waals surface area contributed by atoms with Crippen molar-refractivity contribution < 1.29 is 9.72 Å². The van der Waals surface area contributed by atoms with E-state index in [-0.39, 0.29) is 18.0 Å². The quantitative estimate of drug-likeness (QED) is 0.474. The Labute approximate surface area is 173 Å². The second-order valence-electron chi connectivity index (χ2n) is 7.02. The number of nitro groups is 1. The van der Waals surface area contributed by atoms with E-state index in [0.29, 0.717) is 5.56 Å². The Balaban J connectivity index is 1.82. The Morgan fingerprint density at radius 1 is 1.00 bits per heavy atom. The van der Waals surface area contributed by atoms with E-state index >= 15 is 0 Å². The molecule has 1 aliphatic rings. The maximum Gasteiger partial charge on any atom is 0.269 e. The summed E-state index contributed by atoms with van der Waals surface area (Å²) < 4.78 is 0. The van der Waals surface area contributed by atoms with Gasteiger partial charge >= 0.3 is 0 Å². The minimum absolute atomic E-state index is 0.0223. The highest BCUT2D eigenvalue weighted by Gasteiger charge is 2.44. The van der Waals surface area contributed by atoms with Crippen molar-refractivity contribution in [2.45, 2.75) is 12.0 Å². The highest BCUT2D eigenvalue weighted by atomic mass is 16.6. The normalized spacial score (nSPS) is 17.1. The monoisotopic (exact) mass is 395 g/mol. The third-order valence-corrected chi connectivity index (χ3v) is 5.25. The van der Waals surface area contributed by atoms with E-state index in [9.17, 15) is 20.2 Å². The highest BCUT2D eigenvalue weighted by molar-refractivity contribution is 5.96. The topological polar surface area (TPSA) is 87.2 Å². The van der Waals surface area contributed by atoms with Crippen LogP contribution in [0.3, 0.4) is 0 Å². The third kappa shape index (κ3) is 3.23. The number of hydrogen-bond acceptors (Lipinski definition) is 4. The molecule has 0 unspecified atom stereocenters. The van der Waals surface area contributed by atoms with E-state index in [0.717, 1.165) is 16.7 Å². The van der Waals surface area contributed by atoms with Crippen LogP contribution in [0.2, 0.25) is 0 Å². The molecule has 0 spiro atoms. The van der Waals surface area contributed by atoms with Gasteiger partial charge in [0.05, 0.1) is 11.0 Å². The van der Waals surface area contributed by atoms with Crippen LogP contribution >= 0.6 is 0 Å². The second kappa shape index (κ2) is 7.64. The Bertz CT molecular complexity index is 1180. The molecule has 0 fully saturated rings. The van der Waals surface area contributed by atoms with Gasteiger partial charge in [0.1, 0.15) is 0 Å². The Morgan fingerprint density at radius 3 is 2.33 bits per heavy atom. The molecular formula is C24H17N3O3. The van der Waals surface area contributed by atoms with Crippen LogP contribution in [0, 0.1) is 21.4 Å². The van der Waals surface area contributed by atoms with E-state index in [1.165, 1.54) is 17.0 Å². The second-order valence-corrected chi connectivity index (χ2v) is 7.02. The minimum Gasteiger partial charge on any atom is -0.291 e. The first-order valence-electron chi connectivity index (χ1n) is 9.36. The van der Waals surface area contributed by atoms with Crippen molar-refractivity contribution in [3.63, 3.8) is 0 Å². The number of rotatable bonds is 4. The lowest BCUT2D eigenvalue weighted by atomic mass is 9.79. The lowest BCUT2D eigenvalue weighted by Gasteiger charge is -2.40. The van der Waals surface area contributed by atoms with Crippen molar-refractivity contribution in [3.05, 3.63) is 117 Å². The molecule has 6 heteroatoms. The molecule has 0 bridgehead atoms. The lowest BCUT2D eigenvalue weighted by Crippen LogP contribution is -2.49. The summed E-state index contributed by atoms with van der Waals surface area (Å²) >= 11 is 0. The average molecular weight is 395 g/mol. The molecule has 30 heavy (non-hydrogen) atoms. The predicted octanol–water partition coefficient (Wildman–Crippen LogP) is 4.68. The molecule has 1 aliphatic heterocycles. The van der Waals surface area contributed by atoms with Crippen molar-refractivity contribution >= 4 is 17.7 Å². The Kier molecular flexibility index (Phi) is 4.87. The maximum atomic E-state index is 13.4. The Morgan fingerprint density at radius 2 is 1.67 bits per heavy atom. The number of carbonyl (C=O) groups excluding carboxylic acids is 1. The van der Waals surface area contributed by atoms with Crippen molar-refractivity contribution in [1.29, 1.82) is 5.26 Å². The molecule has 0 aromatic heterocycles. The van der Waals surface area contributed by atoms with E-state index < -0.39 is 10.5 Å². The number of amides is 1. The number of nitro benzene ring substituents is 1. The number of nitriles is 1. The summed E-state index contributed by atoms with van der Waals surface area (Å²) in [5.41, 5.74) is 1.47. The predicted molar refractivity (Wildman–Crippen MR) is 112 cm³/mol. The van der Waals surface area contributed by atoms with Gasteiger partial charge in [0.25, 0.3) is 11.6 Å². The van der Waals surface area contributed by atoms with Crippen molar-refractivity contribution in [3.8, 4) is 6.07 Å². The van der Waals surface area contributed by atoms with Gasteiger partial charge in [-0.15, -0.1) is 0 Å². The first kappa shape index (κ1) is 19.1. The number of carbonyl (C=O) groups is 1. The van der Waals surface area contributed by atoms with Gasteiger partial charge in [0.15, 0.2) is 5.54 Å². The summed E-state index contributed by atoms with van der Waals surface area (Å²) in [7, 11) is 0. The van der Waals surface area contributed by atoms with Crippen molar-refractivity contribution in [2.75, 3.05) is 0 Å². The zero-order valence-electron chi connectivity index (χ0n) is 15.9. The fourth-order valence-corrected chi connectivity index (χ4v) is 3.76. The van der Waals surface area contributed by atoms with E-state index in [4.69, 9.17) is 0 Å². The van der Waals surface area contributed by atoms with E-state index in [1.807, 2.05) is 36.4 Å². The first-order chi connectivity index (χ1) is 14.5. The molecule has 1 amide bonds. The standard InChI is InChI=1S/C24H17N3O3/c25-17-24(16-18-10-12-21(13-11-18)27(29)30)22-9-5-4-6-19(22)14-15-26(24)23(28)20-7-2-1-3-8-20/h1-15H,16H2/t24-/m0/s1. The van der Waals surface area contributed by atoms with Crippen LogP contribution in [0.5, 0.6) is 0 Å². The summed E-state index contributed by atoms with van der Waals surface area (Å²) in [6.07, 6.45) is 3.66. The fourth-order valence-electron chi connectivity index (χ4n) is 3.76. The van der Waals surface area contributed by atoms with Crippen LogP contribution < -0.4 is 0 Å². The van der Waals surface area contributed by atoms with Crippen LogP contribution in [0.1, 0.15) is 27.0 Å². The summed E-state index contributed by atoms with van der Waals surface area (Å²) in [4.78, 5) is 25.3. The van der Waals surface area contributed by atoms with E-state index in [2.05, 4.69) is 6.07 Å². The molecule has 0 aliphatic carbocycles. The SMILES string of the molecule is N#C[C@@]1(Cc2ccc([N+](=O)[O-])cc2)c2ccccc2C=CN1C(=O)c1ccccc1. The van der Waals surface area contributed by atoms with Gasteiger partial charge in [0.2, 0.25) is 0 Å². The molecule has 1 atom stereocenters. The number of fused-ring (bicyclic) bond motifs is 1. The van der Waals surface area contributed by atoms with Gasteiger partial charge in [-0.1, -0.05) is 54.6 Å². The van der Waals surface area contributed by atoms with Gasteiger partial charge in [-0.25, -0.2) is 0 Å². The van der Waals surface area contributed by atoms with Crippen LogP contribution in [-0.4, -0.2) is 15.7 Å². The van der Waals surface area contributed by atoms with Crippen LogP contribution in [0.15, 0.2) is 85.1 Å². The molecule has 1 heterocycles. The molecule has 3 aromatic carbocycles. The zero-order valence-corrected chi connectivity index (χ0v) is 15.9. The van der Waals surface area contributed by atoms with Gasteiger partial charge < -0.3 is 0 Å².